The number of hydrogen-bond donors (Lipinski definition) is 2. The van der Waals surface area contributed by atoms with E-state index in [4.69, 9.17) is 16.2 Å². The Balaban J connectivity index is 2.45. The number of carbonyl (C=O) groups excluding carboxylic acids is 2. The quantitative estimate of drug-likeness (QED) is 0.641. The summed E-state index contributed by atoms with van der Waals surface area (Å²) in [5, 5.41) is 0.694. The molecule has 1 fully saturated rings. The fourth-order valence-corrected chi connectivity index (χ4v) is 3.43. The van der Waals surface area contributed by atoms with Crippen LogP contribution in [0.2, 0.25) is 0 Å². The molecular weight excluding hydrogens is 278 g/mol. The molecule has 0 amide bonds. The summed E-state index contributed by atoms with van der Waals surface area (Å²) in [6.45, 7) is 4.85. The van der Waals surface area contributed by atoms with Crippen LogP contribution in [0.5, 0.6) is 0 Å². The standard InChI is InChI=1S/C13H19N3O3S/c1-3-19-13(18)9-10(15)11(7(2)17)20-12(9)16-5-4-8(14)6-16/h8H,3-6,14-15H2,1-2H3. The Kier molecular flexibility index (Phi) is 4.29. The van der Waals surface area contributed by atoms with Gasteiger partial charge in [-0.1, -0.05) is 0 Å². The first kappa shape index (κ1) is 14.8. The summed E-state index contributed by atoms with van der Waals surface area (Å²) in [5.41, 5.74) is 12.4. The Morgan fingerprint density at radius 3 is 2.70 bits per heavy atom. The SMILES string of the molecule is CCOC(=O)c1c(N2CCC(N)C2)sc(C(C)=O)c1N. The number of hydrogen-bond acceptors (Lipinski definition) is 7. The minimum atomic E-state index is -0.482. The van der Waals surface area contributed by atoms with Gasteiger partial charge < -0.3 is 21.1 Å². The third kappa shape index (κ3) is 2.64. The topological polar surface area (TPSA) is 98.6 Å². The van der Waals surface area contributed by atoms with Crippen LogP contribution in [-0.2, 0) is 4.74 Å². The van der Waals surface area contributed by atoms with Crippen molar-refractivity contribution in [2.24, 2.45) is 5.73 Å². The second-order valence-electron chi connectivity index (χ2n) is 4.80. The van der Waals surface area contributed by atoms with Crippen LogP contribution in [0.15, 0.2) is 0 Å². The van der Waals surface area contributed by atoms with Crippen molar-refractivity contribution in [3.05, 3.63) is 10.4 Å². The fourth-order valence-electron chi connectivity index (χ4n) is 2.29. The maximum Gasteiger partial charge on any atom is 0.343 e. The van der Waals surface area contributed by atoms with Crippen molar-refractivity contribution < 1.29 is 14.3 Å². The highest BCUT2D eigenvalue weighted by Gasteiger charge is 2.30. The second kappa shape index (κ2) is 5.80. The molecule has 0 radical (unpaired) electrons. The van der Waals surface area contributed by atoms with Gasteiger partial charge in [-0.25, -0.2) is 4.79 Å². The van der Waals surface area contributed by atoms with Crippen molar-refractivity contribution in [3.63, 3.8) is 0 Å². The third-order valence-corrected chi connectivity index (χ3v) is 4.60. The average Bonchev–Trinajstić information content (AvgIpc) is 2.93. The first-order valence-electron chi connectivity index (χ1n) is 6.56. The summed E-state index contributed by atoms with van der Waals surface area (Å²) in [7, 11) is 0. The van der Waals surface area contributed by atoms with Crippen LogP contribution in [0.25, 0.3) is 0 Å². The summed E-state index contributed by atoms with van der Waals surface area (Å²) >= 11 is 1.24. The molecule has 2 heterocycles. The lowest BCUT2D eigenvalue weighted by Crippen LogP contribution is -2.27. The van der Waals surface area contributed by atoms with Gasteiger partial charge in [0.25, 0.3) is 0 Å². The molecule has 1 aliphatic heterocycles. The maximum atomic E-state index is 12.1. The van der Waals surface area contributed by atoms with Crippen molar-refractivity contribution >= 4 is 33.8 Å². The Hall–Kier alpha value is -1.60. The van der Waals surface area contributed by atoms with Gasteiger partial charge in [0.2, 0.25) is 0 Å². The largest absolute Gasteiger partial charge is 0.462 e. The smallest absolute Gasteiger partial charge is 0.343 e. The summed E-state index contributed by atoms with van der Waals surface area (Å²) < 4.78 is 5.05. The highest BCUT2D eigenvalue weighted by molar-refractivity contribution is 7.19. The molecule has 110 valence electrons. The summed E-state index contributed by atoms with van der Waals surface area (Å²) in [4.78, 5) is 26.1. The Labute approximate surface area is 121 Å². The van der Waals surface area contributed by atoms with Gasteiger partial charge >= 0.3 is 5.97 Å². The van der Waals surface area contributed by atoms with E-state index in [1.165, 1.54) is 18.3 Å². The molecule has 4 N–H and O–H groups in total. The second-order valence-corrected chi connectivity index (χ2v) is 5.80. The number of carbonyl (C=O) groups is 2. The van der Waals surface area contributed by atoms with Gasteiger partial charge in [0, 0.05) is 26.1 Å². The van der Waals surface area contributed by atoms with Crippen LogP contribution in [0.4, 0.5) is 10.7 Å². The van der Waals surface area contributed by atoms with Gasteiger partial charge in [-0.2, -0.15) is 0 Å². The zero-order valence-corrected chi connectivity index (χ0v) is 12.5. The number of rotatable bonds is 4. The lowest BCUT2D eigenvalue weighted by molar-refractivity contribution is 0.0529. The van der Waals surface area contributed by atoms with Gasteiger partial charge in [0.1, 0.15) is 10.6 Å². The molecule has 0 saturated carbocycles. The normalized spacial score (nSPS) is 18.4. The van der Waals surface area contributed by atoms with Gasteiger partial charge in [0.05, 0.1) is 17.2 Å². The molecule has 1 saturated heterocycles. The van der Waals surface area contributed by atoms with E-state index in [2.05, 4.69) is 0 Å². The minimum absolute atomic E-state index is 0.0779. The predicted molar refractivity (Wildman–Crippen MR) is 79.5 cm³/mol. The van der Waals surface area contributed by atoms with E-state index in [9.17, 15) is 9.59 Å². The van der Waals surface area contributed by atoms with Crippen LogP contribution < -0.4 is 16.4 Å². The number of nitrogen functional groups attached to an aromatic ring is 1. The number of thiophene rings is 1. The Morgan fingerprint density at radius 2 is 2.20 bits per heavy atom. The molecule has 2 rings (SSSR count). The van der Waals surface area contributed by atoms with Crippen molar-refractivity contribution in [2.75, 3.05) is 30.3 Å². The lowest BCUT2D eigenvalue weighted by atomic mass is 10.2. The summed E-state index contributed by atoms with van der Waals surface area (Å²) in [5.74, 6) is -0.628. The molecule has 1 unspecified atom stereocenters. The van der Waals surface area contributed by atoms with Crippen molar-refractivity contribution in [3.8, 4) is 0 Å². The molecule has 1 aromatic rings. The Bertz CT molecular complexity index is 541. The third-order valence-electron chi connectivity index (χ3n) is 3.24. The number of ketones is 1. The first-order chi connectivity index (χ1) is 9.45. The van der Waals surface area contributed by atoms with E-state index in [-0.39, 0.29) is 24.1 Å². The van der Waals surface area contributed by atoms with Crippen LogP contribution >= 0.6 is 11.3 Å². The molecule has 6 nitrogen and oxygen atoms in total. The first-order valence-corrected chi connectivity index (χ1v) is 7.38. The van der Waals surface area contributed by atoms with Crippen molar-refractivity contribution in [1.29, 1.82) is 0 Å². The van der Waals surface area contributed by atoms with E-state index in [1.807, 2.05) is 4.90 Å². The molecular formula is C13H19N3O3S. The zero-order chi connectivity index (χ0) is 14.9. The molecule has 7 heteroatoms. The van der Waals surface area contributed by atoms with E-state index < -0.39 is 5.97 Å². The fraction of sp³-hybridized carbons (Fsp3) is 0.538. The highest BCUT2D eigenvalue weighted by Crippen LogP contribution is 2.40. The van der Waals surface area contributed by atoms with Gasteiger partial charge in [-0.15, -0.1) is 11.3 Å². The predicted octanol–water partition coefficient (Wildman–Crippen LogP) is 1.25. The molecule has 1 atom stereocenters. The molecule has 0 aromatic carbocycles. The number of Topliss-reactive ketones (excluding diaryl/α,β-unsaturated/α-hetero) is 1. The average molecular weight is 297 g/mol. The number of esters is 1. The van der Waals surface area contributed by atoms with Crippen molar-refractivity contribution in [2.45, 2.75) is 26.3 Å². The molecule has 20 heavy (non-hydrogen) atoms. The van der Waals surface area contributed by atoms with Crippen LogP contribution in [0.3, 0.4) is 0 Å². The van der Waals surface area contributed by atoms with Gasteiger partial charge in [-0.3, -0.25) is 4.79 Å². The monoisotopic (exact) mass is 297 g/mol. The minimum Gasteiger partial charge on any atom is -0.462 e. The van der Waals surface area contributed by atoms with E-state index in [1.54, 1.807) is 6.92 Å². The molecule has 0 spiro atoms. The van der Waals surface area contributed by atoms with Crippen LogP contribution in [-0.4, -0.2) is 37.5 Å². The number of nitrogens with two attached hydrogens (primary N) is 2. The number of anilines is 2. The van der Waals surface area contributed by atoms with Gasteiger partial charge in [0.15, 0.2) is 5.78 Å². The molecule has 0 aliphatic carbocycles. The number of ether oxygens (including phenoxy) is 1. The maximum absolute atomic E-state index is 12.1. The molecule has 1 aliphatic rings. The Morgan fingerprint density at radius 1 is 1.50 bits per heavy atom. The number of nitrogens with zero attached hydrogens (tertiary/aromatic N) is 1. The van der Waals surface area contributed by atoms with Crippen molar-refractivity contribution in [1.82, 2.24) is 0 Å². The van der Waals surface area contributed by atoms with E-state index >= 15 is 0 Å². The molecule has 1 aromatic heterocycles. The molecule has 0 bridgehead atoms. The lowest BCUT2D eigenvalue weighted by Gasteiger charge is -2.17. The van der Waals surface area contributed by atoms with E-state index in [0.29, 0.717) is 22.0 Å². The highest BCUT2D eigenvalue weighted by atomic mass is 32.1. The van der Waals surface area contributed by atoms with Gasteiger partial charge in [-0.05, 0) is 13.3 Å². The van der Waals surface area contributed by atoms with Crippen LogP contribution in [0.1, 0.15) is 40.3 Å². The van der Waals surface area contributed by atoms with E-state index in [0.717, 1.165) is 13.0 Å². The zero-order valence-electron chi connectivity index (χ0n) is 11.6. The summed E-state index contributed by atoms with van der Waals surface area (Å²) in [6, 6.07) is 0.0779. The van der Waals surface area contributed by atoms with Crippen LogP contribution in [0, 0.1) is 0 Å². The summed E-state index contributed by atoms with van der Waals surface area (Å²) in [6.07, 6.45) is 0.857.